The van der Waals surface area contributed by atoms with Gasteiger partial charge in [0.25, 0.3) is 5.91 Å². The van der Waals surface area contributed by atoms with Crippen molar-refractivity contribution in [2.24, 2.45) is 0 Å². The number of ether oxygens (including phenoxy) is 2. The first-order valence-electron chi connectivity index (χ1n) is 11.7. The van der Waals surface area contributed by atoms with E-state index in [1.807, 2.05) is 48.5 Å². The Kier molecular flexibility index (Phi) is 8.31. The molecule has 1 unspecified atom stereocenters. The van der Waals surface area contributed by atoms with Crippen LogP contribution in [0.15, 0.2) is 83.7 Å². The first kappa shape index (κ1) is 24.9. The van der Waals surface area contributed by atoms with E-state index in [1.165, 1.54) is 6.26 Å². The number of nitrogens with zero attached hydrogens (tertiary/aromatic N) is 3. The number of benzene rings is 2. The molecule has 4 aromatic rings. The highest BCUT2D eigenvalue weighted by Gasteiger charge is 2.22. The first-order valence-corrected chi connectivity index (χ1v) is 11.7. The van der Waals surface area contributed by atoms with E-state index in [0.29, 0.717) is 25.5 Å². The lowest BCUT2D eigenvalue weighted by Crippen LogP contribution is -2.27. The highest BCUT2D eigenvalue weighted by atomic mass is 16.5. The van der Waals surface area contributed by atoms with E-state index in [2.05, 4.69) is 39.2 Å². The SMILES string of the molecule is COc1ccc(OC)c(CN(Cc2nc(C(=O)NCc3ccncc3)co2)C(C)c2ccccc2)c1. The zero-order valence-corrected chi connectivity index (χ0v) is 20.7. The molecule has 8 heteroatoms. The molecular weight excluding hydrogens is 456 g/mol. The van der Waals surface area contributed by atoms with Crippen molar-refractivity contribution >= 4 is 5.91 Å². The zero-order chi connectivity index (χ0) is 25.3. The van der Waals surface area contributed by atoms with Gasteiger partial charge in [0.15, 0.2) is 5.69 Å². The van der Waals surface area contributed by atoms with Gasteiger partial charge in [-0.25, -0.2) is 4.98 Å². The van der Waals surface area contributed by atoms with Crippen molar-refractivity contribution in [3.63, 3.8) is 0 Å². The molecule has 8 nitrogen and oxygen atoms in total. The lowest BCUT2D eigenvalue weighted by Gasteiger charge is -2.29. The monoisotopic (exact) mass is 486 g/mol. The number of nitrogens with one attached hydrogen (secondary N) is 1. The molecule has 1 N–H and O–H groups in total. The summed E-state index contributed by atoms with van der Waals surface area (Å²) in [5, 5.41) is 2.86. The minimum absolute atomic E-state index is 0.0398. The van der Waals surface area contributed by atoms with Crippen LogP contribution in [0.3, 0.4) is 0 Å². The second-order valence-electron chi connectivity index (χ2n) is 8.33. The average molecular weight is 487 g/mol. The van der Waals surface area contributed by atoms with Gasteiger partial charge in [-0.3, -0.25) is 14.7 Å². The van der Waals surface area contributed by atoms with Crippen LogP contribution in [0.4, 0.5) is 0 Å². The summed E-state index contributed by atoms with van der Waals surface area (Å²) in [5.41, 5.74) is 3.32. The standard InChI is InChI=1S/C28H30N4O4/c1-20(22-7-5-4-6-8-22)32(17-23-15-24(34-2)9-10-26(23)35-3)18-27-31-25(19-36-27)28(33)30-16-21-11-13-29-14-12-21/h4-15,19-20H,16-18H2,1-3H3,(H,30,33). The van der Waals surface area contributed by atoms with Crippen LogP contribution >= 0.6 is 0 Å². The molecule has 0 aliphatic carbocycles. The van der Waals surface area contributed by atoms with Gasteiger partial charge >= 0.3 is 0 Å². The van der Waals surface area contributed by atoms with Crippen LogP contribution in [0.5, 0.6) is 11.5 Å². The second-order valence-corrected chi connectivity index (χ2v) is 8.33. The number of amides is 1. The maximum absolute atomic E-state index is 12.6. The molecule has 2 heterocycles. The summed E-state index contributed by atoms with van der Waals surface area (Å²) in [5.74, 6) is 1.68. The molecule has 36 heavy (non-hydrogen) atoms. The molecule has 0 aliphatic heterocycles. The van der Waals surface area contributed by atoms with Crippen molar-refractivity contribution in [2.45, 2.75) is 32.6 Å². The van der Waals surface area contributed by atoms with Crippen LogP contribution in [0.2, 0.25) is 0 Å². The summed E-state index contributed by atoms with van der Waals surface area (Å²) < 4.78 is 16.7. The average Bonchev–Trinajstić information content (AvgIpc) is 3.40. The van der Waals surface area contributed by atoms with Crippen molar-refractivity contribution in [1.29, 1.82) is 0 Å². The van der Waals surface area contributed by atoms with E-state index in [9.17, 15) is 4.79 Å². The van der Waals surface area contributed by atoms with E-state index in [-0.39, 0.29) is 17.6 Å². The summed E-state index contributed by atoms with van der Waals surface area (Å²) in [6, 6.07) is 19.7. The van der Waals surface area contributed by atoms with E-state index >= 15 is 0 Å². The first-order chi connectivity index (χ1) is 17.6. The van der Waals surface area contributed by atoms with E-state index in [4.69, 9.17) is 13.9 Å². The third-order valence-electron chi connectivity index (χ3n) is 6.02. The smallest absolute Gasteiger partial charge is 0.273 e. The summed E-state index contributed by atoms with van der Waals surface area (Å²) >= 11 is 0. The molecule has 0 saturated carbocycles. The second kappa shape index (κ2) is 12.0. The third kappa shape index (κ3) is 6.28. The molecular formula is C28H30N4O4. The summed E-state index contributed by atoms with van der Waals surface area (Å²) in [7, 11) is 3.30. The number of hydrogen-bond acceptors (Lipinski definition) is 7. The minimum Gasteiger partial charge on any atom is -0.497 e. The van der Waals surface area contributed by atoms with Crippen LogP contribution in [0, 0.1) is 0 Å². The van der Waals surface area contributed by atoms with Crippen molar-refractivity contribution in [2.75, 3.05) is 14.2 Å². The van der Waals surface area contributed by atoms with Gasteiger partial charge in [-0.15, -0.1) is 0 Å². The summed E-state index contributed by atoms with van der Waals surface area (Å²) in [6.45, 7) is 3.47. The van der Waals surface area contributed by atoms with Crippen molar-refractivity contribution in [3.05, 3.63) is 108 Å². The Hall–Kier alpha value is -4.17. The van der Waals surface area contributed by atoms with Gasteiger partial charge in [0, 0.05) is 37.1 Å². The highest BCUT2D eigenvalue weighted by molar-refractivity contribution is 5.91. The van der Waals surface area contributed by atoms with Gasteiger partial charge in [0.1, 0.15) is 17.8 Å². The molecule has 0 spiro atoms. The highest BCUT2D eigenvalue weighted by Crippen LogP contribution is 2.30. The Bertz CT molecular complexity index is 1260. The quantitative estimate of drug-likeness (QED) is 0.326. The van der Waals surface area contributed by atoms with Crippen LogP contribution in [-0.4, -0.2) is 35.0 Å². The Morgan fingerprint density at radius 1 is 1.03 bits per heavy atom. The molecule has 2 aromatic carbocycles. The Labute approximate surface area is 210 Å². The van der Waals surface area contributed by atoms with Gasteiger partial charge in [-0.05, 0) is 48.4 Å². The molecule has 0 radical (unpaired) electrons. The van der Waals surface area contributed by atoms with Crippen LogP contribution < -0.4 is 14.8 Å². The fourth-order valence-corrected chi connectivity index (χ4v) is 3.93. The van der Waals surface area contributed by atoms with Crippen molar-refractivity contribution < 1.29 is 18.7 Å². The maximum Gasteiger partial charge on any atom is 0.273 e. The number of hydrogen-bond donors (Lipinski definition) is 1. The number of pyridine rings is 1. The van der Waals surface area contributed by atoms with Gasteiger partial charge in [0.2, 0.25) is 5.89 Å². The topological polar surface area (TPSA) is 89.7 Å². The van der Waals surface area contributed by atoms with E-state index < -0.39 is 0 Å². The fourth-order valence-electron chi connectivity index (χ4n) is 3.93. The molecule has 1 atom stereocenters. The van der Waals surface area contributed by atoms with Crippen molar-refractivity contribution in [3.8, 4) is 11.5 Å². The fraction of sp³-hybridized carbons (Fsp3) is 0.250. The van der Waals surface area contributed by atoms with Crippen LogP contribution in [0.25, 0.3) is 0 Å². The van der Waals surface area contributed by atoms with Gasteiger partial charge in [-0.2, -0.15) is 0 Å². The number of oxazole rings is 1. The summed E-state index contributed by atoms with van der Waals surface area (Å²) in [6.07, 6.45) is 4.78. The zero-order valence-electron chi connectivity index (χ0n) is 20.7. The Morgan fingerprint density at radius 3 is 2.53 bits per heavy atom. The number of aromatic nitrogens is 2. The largest absolute Gasteiger partial charge is 0.497 e. The van der Waals surface area contributed by atoms with E-state index in [1.54, 1.807) is 26.6 Å². The molecule has 4 rings (SSSR count). The Morgan fingerprint density at radius 2 is 1.81 bits per heavy atom. The number of carbonyl (C=O) groups excluding carboxylic acids is 1. The molecule has 2 aromatic heterocycles. The normalized spacial score (nSPS) is 11.8. The molecule has 0 aliphatic rings. The van der Waals surface area contributed by atoms with Crippen LogP contribution in [0.1, 0.15) is 46.0 Å². The lowest BCUT2D eigenvalue weighted by atomic mass is 10.1. The molecule has 186 valence electrons. The van der Waals surface area contributed by atoms with E-state index in [0.717, 1.165) is 28.2 Å². The van der Waals surface area contributed by atoms with Gasteiger partial charge in [0.05, 0.1) is 20.8 Å². The number of carbonyl (C=O) groups is 1. The predicted molar refractivity (Wildman–Crippen MR) is 136 cm³/mol. The molecule has 1 amide bonds. The lowest BCUT2D eigenvalue weighted by molar-refractivity contribution is 0.0945. The minimum atomic E-state index is -0.293. The van der Waals surface area contributed by atoms with Gasteiger partial charge < -0.3 is 19.2 Å². The molecule has 0 bridgehead atoms. The van der Waals surface area contributed by atoms with Crippen molar-refractivity contribution in [1.82, 2.24) is 20.2 Å². The Balaban J connectivity index is 1.53. The predicted octanol–water partition coefficient (Wildman–Crippen LogP) is 4.78. The summed E-state index contributed by atoms with van der Waals surface area (Å²) in [4.78, 5) is 23.3. The number of methoxy groups -OCH3 is 2. The third-order valence-corrected chi connectivity index (χ3v) is 6.02. The maximum atomic E-state index is 12.6. The van der Waals surface area contributed by atoms with Crippen LogP contribution in [-0.2, 0) is 19.6 Å². The molecule has 0 saturated heterocycles. The number of rotatable bonds is 11. The molecule has 0 fully saturated rings. The van der Waals surface area contributed by atoms with Gasteiger partial charge in [-0.1, -0.05) is 30.3 Å².